The maximum Gasteiger partial charge on any atom is 0.234 e. The molecule has 3 amide bonds. The Morgan fingerprint density at radius 2 is 1.81 bits per heavy atom. The molecule has 0 radical (unpaired) electrons. The number of carbonyl (C=O) groups excluding carboxylic acids is 3. The molecule has 88 valence electrons. The molecule has 2 atom stereocenters. The quantitative estimate of drug-likeness (QED) is 0.495. The highest BCUT2D eigenvalue weighted by Crippen LogP contribution is 2.32. The van der Waals surface area contributed by atoms with Crippen LogP contribution in [-0.2, 0) is 14.4 Å². The Hall–Kier alpha value is -1.10. The molecule has 0 unspecified atom stereocenters. The molecule has 2 aliphatic heterocycles. The van der Waals surface area contributed by atoms with Crippen LogP contribution in [0, 0.1) is 11.8 Å². The van der Waals surface area contributed by atoms with E-state index >= 15 is 0 Å². The monoisotopic (exact) mass is 244 g/mol. The third kappa shape index (κ3) is 1.59. The Balaban J connectivity index is 2.07. The standard InChI is InChI=1S/C10H13ClN2O3/c1-12-9(15)6-4-13(8(14)2-3-11)5-7(6)10(12)16/h6-7H,2-5H2,1H3/t6-,7-/m0/s1. The van der Waals surface area contributed by atoms with Gasteiger partial charge >= 0.3 is 0 Å². The third-order valence-electron chi connectivity index (χ3n) is 3.28. The molecular formula is C10H13ClN2O3. The van der Waals surface area contributed by atoms with Gasteiger partial charge in [-0.3, -0.25) is 19.3 Å². The molecule has 0 aliphatic carbocycles. The van der Waals surface area contributed by atoms with Crippen LogP contribution in [0.2, 0.25) is 0 Å². The smallest absolute Gasteiger partial charge is 0.234 e. The van der Waals surface area contributed by atoms with Gasteiger partial charge in [-0.1, -0.05) is 0 Å². The second-order valence-electron chi connectivity index (χ2n) is 4.19. The number of nitrogens with zero attached hydrogens (tertiary/aromatic N) is 2. The van der Waals surface area contributed by atoms with Crippen LogP contribution in [0.15, 0.2) is 0 Å². The first kappa shape index (κ1) is 11.4. The van der Waals surface area contributed by atoms with Gasteiger partial charge in [0.1, 0.15) is 0 Å². The van der Waals surface area contributed by atoms with E-state index in [-0.39, 0.29) is 41.9 Å². The van der Waals surface area contributed by atoms with E-state index in [0.29, 0.717) is 13.1 Å². The third-order valence-corrected chi connectivity index (χ3v) is 3.47. The molecular weight excluding hydrogens is 232 g/mol. The highest BCUT2D eigenvalue weighted by Gasteiger charge is 2.51. The van der Waals surface area contributed by atoms with E-state index in [9.17, 15) is 14.4 Å². The molecule has 2 fully saturated rings. The van der Waals surface area contributed by atoms with Crippen LogP contribution < -0.4 is 0 Å². The average Bonchev–Trinajstić information content (AvgIpc) is 2.77. The van der Waals surface area contributed by atoms with Crippen LogP contribution in [-0.4, -0.2) is 53.5 Å². The lowest BCUT2D eigenvalue weighted by Gasteiger charge is -2.18. The highest BCUT2D eigenvalue weighted by atomic mass is 35.5. The summed E-state index contributed by atoms with van der Waals surface area (Å²) in [5, 5.41) is 0. The first-order chi connectivity index (χ1) is 7.56. The number of likely N-dealkylation sites (tertiary alicyclic amines) is 2. The SMILES string of the molecule is CN1C(=O)[C@H]2CN(C(=O)CCCl)C[C@@H]2C1=O. The summed E-state index contributed by atoms with van der Waals surface area (Å²) in [7, 11) is 1.49. The fourth-order valence-electron chi connectivity index (χ4n) is 2.35. The zero-order valence-electron chi connectivity index (χ0n) is 8.98. The molecule has 0 aromatic rings. The summed E-state index contributed by atoms with van der Waals surface area (Å²) in [6.07, 6.45) is 0.263. The normalized spacial score (nSPS) is 28.9. The van der Waals surface area contributed by atoms with Gasteiger partial charge in [-0.2, -0.15) is 0 Å². The summed E-state index contributed by atoms with van der Waals surface area (Å²) in [5.41, 5.74) is 0. The highest BCUT2D eigenvalue weighted by molar-refractivity contribution is 6.19. The van der Waals surface area contributed by atoms with Crippen molar-refractivity contribution in [2.45, 2.75) is 6.42 Å². The number of halogens is 1. The van der Waals surface area contributed by atoms with E-state index < -0.39 is 0 Å². The minimum atomic E-state index is -0.336. The van der Waals surface area contributed by atoms with Crippen LogP contribution in [0.25, 0.3) is 0 Å². The topological polar surface area (TPSA) is 57.7 Å². The summed E-state index contributed by atoms with van der Waals surface area (Å²) < 4.78 is 0. The Morgan fingerprint density at radius 1 is 1.31 bits per heavy atom. The van der Waals surface area contributed by atoms with Gasteiger partial charge in [0.15, 0.2) is 0 Å². The van der Waals surface area contributed by atoms with Crippen LogP contribution in [0.5, 0.6) is 0 Å². The number of rotatable bonds is 2. The van der Waals surface area contributed by atoms with Gasteiger partial charge in [0.05, 0.1) is 11.8 Å². The first-order valence-electron chi connectivity index (χ1n) is 5.21. The molecule has 2 saturated heterocycles. The van der Waals surface area contributed by atoms with Crippen molar-refractivity contribution in [1.29, 1.82) is 0 Å². The predicted octanol–water partition coefficient (Wildman–Crippen LogP) is -0.312. The summed E-state index contributed by atoms with van der Waals surface area (Å²) in [5.74, 6) is -0.819. The largest absolute Gasteiger partial charge is 0.341 e. The number of amides is 3. The molecule has 2 heterocycles. The molecule has 0 aromatic carbocycles. The predicted molar refractivity (Wildman–Crippen MR) is 56.7 cm³/mol. The fraction of sp³-hybridized carbons (Fsp3) is 0.700. The number of hydrogen-bond acceptors (Lipinski definition) is 3. The lowest BCUT2D eigenvalue weighted by atomic mass is 10.00. The number of carbonyl (C=O) groups is 3. The van der Waals surface area contributed by atoms with E-state index in [1.165, 1.54) is 11.9 Å². The van der Waals surface area contributed by atoms with Crippen molar-refractivity contribution in [2.24, 2.45) is 11.8 Å². The van der Waals surface area contributed by atoms with Gasteiger partial charge in [-0.15, -0.1) is 11.6 Å². The van der Waals surface area contributed by atoms with Crippen molar-refractivity contribution < 1.29 is 14.4 Å². The lowest BCUT2D eigenvalue weighted by Crippen LogP contribution is -2.36. The molecule has 2 aliphatic rings. The van der Waals surface area contributed by atoms with Crippen LogP contribution in [0.1, 0.15) is 6.42 Å². The maximum absolute atomic E-state index is 11.7. The molecule has 0 saturated carbocycles. The zero-order chi connectivity index (χ0) is 11.9. The Kier molecular flexibility index (Phi) is 2.88. The summed E-state index contributed by atoms with van der Waals surface area (Å²) in [6.45, 7) is 0.713. The minimum Gasteiger partial charge on any atom is -0.341 e. The van der Waals surface area contributed by atoms with Crippen molar-refractivity contribution in [3.63, 3.8) is 0 Å². The molecule has 0 bridgehead atoms. The fourth-order valence-corrected chi connectivity index (χ4v) is 2.51. The molecule has 0 N–H and O–H groups in total. The summed E-state index contributed by atoms with van der Waals surface area (Å²) in [4.78, 5) is 37.6. The van der Waals surface area contributed by atoms with Gasteiger partial charge < -0.3 is 4.90 Å². The van der Waals surface area contributed by atoms with Crippen molar-refractivity contribution in [1.82, 2.24) is 9.80 Å². The lowest BCUT2D eigenvalue weighted by molar-refractivity contribution is -0.139. The Morgan fingerprint density at radius 3 is 2.25 bits per heavy atom. The maximum atomic E-state index is 11.7. The molecule has 0 aromatic heterocycles. The van der Waals surface area contributed by atoms with Gasteiger partial charge in [-0.25, -0.2) is 0 Å². The van der Waals surface area contributed by atoms with Crippen molar-refractivity contribution in [2.75, 3.05) is 26.0 Å². The van der Waals surface area contributed by atoms with Gasteiger partial charge in [0, 0.05) is 32.4 Å². The van der Waals surface area contributed by atoms with E-state index in [2.05, 4.69) is 0 Å². The second-order valence-corrected chi connectivity index (χ2v) is 4.56. The van der Waals surface area contributed by atoms with E-state index in [4.69, 9.17) is 11.6 Å². The molecule has 16 heavy (non-hydrogen) atoms. The summed E-state index contributed by atoms with van der Waals surface area (Å²) in [6, 6.07) is 0. The molecule has 0 spiro atoms. The number of alkyl halides is 1. The van der Waals surface area contributed by atoms with Crippen LogP contribution in [0.4, 0.5) is 0 Å². The van der Waals surface area contributed by atoms with E-state index in [0.717, 1.165) is 0 Å². The first-order valence-corrected chi connectivity index (χ1v) is 5.75. The van der Waals surface area contributed by atoms with Crippen molar-refractivity contribution >= 4 is 29.3 Å². The molecule has 5 nitrogen and oxygen atoms in total. The van der Waals surface area contributed by atoms with Crippen LogP contribution >= 0.6 is 11.6 Å². The molecule has 2 rings (SSSR count). The van der Waals surface area contributed by atoms with Crippen molar-refractivity contribution in [3.8, 4) is 0 Å². The zero-order valence-corrected chi connectivity index (χ0v) is 9.74. The number of fused-ring (bicyclic) bond motifs is 1. The summed E-state index contributed by atoms with van der Waals surface area (Å²) >= 11 is 5.49. The Bertz CT molecular complexity index is 334. The number of imide groups is 1. The second kappa shape index (κ2) is 4.05. The van der Waals surface area contributed by atoms with Gasteiger partial charge in [0.25, 0.3) is 0 Å². The average molecular weight is 245 g/mol. The number of hydrogen-bond donors (Lipinski definition) is 0. The van der Waals surface area contributed by atoms with E-state index in [1.807, 2.05) is 0 Å². The van der Waals surface area contributed by atoms with Crippen molar-refractivity contribution in [3.05, 3.63) is 0 Å². The van der Waals surface area contributed by atoms with Crippen LogP contribution in [0.3, 0.4) is 0 Å². The Labute approximate surface area is 98.3 Å². The van der Waals surface area contributed by atoms with Gasteiger partial charge in [0.2, 0.25) is 17.7 Å². The van der Waals surface area contributed by atoms with E-state index in [1.54, 1.807) is 4.90 Å². The van der Waals surface area contributed by atoms with Gasteiger partial charge in [-0.05, 0) is 0 Å². The molecule has 6 heteroatoms. The minimum absolute atomic E-state index is 0.0762.